The van der Waals surface area contributed by atoms with E-state index in [1.807, 2.05) is 19.1 Å². The molecule has 0 radical (unpaired) electrons. The van der Waals surface area contributed by atoms with Gasteiger partial charge in [-0.2, -0.15) is 5.26 Å². The minimum Gasteiger partial charge on any atom is -0.382 e. The van der Waals surface area contributed by atoms with Crippen LogP contribution in [0.15, 0.2) is 18.5 Å². The van der Waals surface area contributed by atoms with Gasteiger partial charge in [-0.25, -0.2) is 9.97 Å². The lowest BCUT2D eigenvalue weighted by Crippen LogP contribution is -2.03. The van der Waals surface area contributed by atoms with Gasteiger partial charge in [-0.1, -0.05) is 0 Å². The Labute approximate surface area is 99.0 Å². The topological polar surface area (TPSA) is 88.5 Å². The number of pyridine rings is 1. The van der Waals surface area contributed by atoms with Crippen LogP contribution in [-0.4, -0.2) is 15.0 Å². The van der Waals surface area contributed by atoms with Crippen molar-refractivity contribution in [3.8, 4) is 17.5 Å². The zero-order valence-corrected chi connectivity index (χ0v) is 9.60. The summed E-state index contributed by atoms with van der Waals surface area (Å²) >= 11 is 0. The van der Waals surface area contributed by atoms with E-state index in [0.29, 0.717) is 17.1 Å². The largest absolute Gasteiger partial charge is 0.382 e. The molecule has 0 aliphatic heterocycles. The highest BCUT2D eigenvalue weighted by Gasteiger charge is 2.11. The maximum Gasteiger partial charge on any atom is 0.163 e. The molecule has 0 amide bonds. The number of aromatic nitrogens is 3. The normalized spacial score (nSPS) is 9.94. The molecule has 2 aromatic rings. The smallest absolute Gasteiger partial charge is 0.163 e. The molecule has 0 aromatic carbocycles. The van der Waals surface area contributed by atoms with Crippen LogP contribution in [0.1, 0.15) is 16.8 Å². The van der Waals surface area contributed by atoms with Crippen LogP contribution in [0.3, 0.4) is 0 Å². The third kappa shape index (κ3) is 1.93. The summed E-state index contributed by atoms with van der Waals surface area (Å²) in [5.41, 5.74) is 8.48. The molecule has 0 spiro atoms. The SMILES string of the molecule is Cc1ccncc1-c1nc(C)c(C#N)c(N)n1. The van der Waals surface area contributed by atoms with Gasteiger partial charge in [0.05, 0.1) is 5.69 Å². The van der Waals surface area contributed by atoms with E-state index in [-0.39, 0.29) is 5.82 Å². The van der Waals surface area contributed by atoms with Gasteiger partial charge in [0.2, 0.25) is 0 Å². The fourth-order valence-electron chi connectivity index (χ4n) is 1.55. The molecule has 17 heavy (non-hydrogen) atoms. The fourth-order valence-corrected chi connectivity index (χ4v) is 1.55. The Bertz CT molecular complexity index is 590. The Balaban J connectivity index is 2.64. The molecule has 0 saturated carbocycles. The van der Waals surface area contributed by atoms with Crippen LogP contribution in [0.5, 0.6) is 0 Å². The van der Waals surface area contributed by atoms with E-state index < -0.39 is 0 Å². The van der Waals surface area contributed by atoms with Gasteiger partial charge in [-0.15, -0.1) is 0 Å². The van der Waals surface area contributed by atoms with Crippen LogP contribution < -0.4 is 5.73 Å². The van der Waals surface area contributed by atoms with Gasteiger partial charge in [0.15, 0.2) is 5.82 Å². The molecule has 0 aliphatic rings. The standard InChI is InChI=1S/C12H11N5/c1-7-3-4-15-6-10(7)12-16-8(2)9(5-13)11(14)17-12/h3-4,6H,1-2H3,(H2,14,16,17). The molecular formula is C12H11N5. The summed E-state index contributed by atoms with van der Waals surface area (Å²) in [4.78, 5) is 12.5. The Morgan fingerprint density at radius 1 is 1.29 bits per heavy atom. The third-order valence-electron chi connectivity index (χ3n) is 2.51. The van der Waals surface area contributed by atoms with Gasteiger partial charge in [0.1, 0.15) is 17.5 Å². The first-order valence-electron chi connectivity index (χ1n) is 5.08. The number of nitriles is 1. The van der Waals surface area contributed by atoms with Gasteiger partial charge in [0.25, 0.3) is 0 Å². The van der Waals surface area contributed by atoms with E-state index in [1.165, 1.54) is 0 Å². The van der Waals surface area contributed by atoms with Gasteiger partial charge in [-0.3, -0.25) is 4.98 Å². The van der Waals surface area contributed by atoms with Gasteiger partial charge in [0, 0.05) is 18.0 Å². The van der Waals surface area contributed by atoms with E-state index in [4.69, 9.17) is 11.0 Å². The van der Waals surface area contributed by atoms with Gasteiger partial charge >= 0.3 is 0 Å². The molecule has 2 N–H and O–H groups in total. The number of hydrogen-bond acceptors (Lipinski definition) is 5. The summed E-state index contributed by atoms with van der Waals surface area (Å²) in [5.74, 6) is 0.711. The van der Waals surface area contributed by atoms with Crippen LogP contribution in [-0.2, 0) is 0 Å². The molecule has 2 aromatic heterocycles. The highest BCUT2D eigenvalue weighted by Crippen LogP contribution is 2.21. The molecular weight excluding hydrogens is 214 g/mol. The predicted octanol–water partition coefficient (Wildman–Crippen LogP) is 1.61. The first-order chi connectivity index (χ1) is 8.13. The van der Waals surface area contributed by atoms with Gasteiger partial charge in [-0.05, 0) is 25.5 Å². The minimum atomic E-state index is 0.207. The fraction of sp³-hybridized carbons (Fsp3) is 0.167. The summed E-state index contributed by atoms with van der Waals surface area (Å²) in [6.07, 6.45) is 3.40. The molecule has 5 heteroatoms. The first-order valence-corrected chi connectivity index (χ1v) is 5.08. The number of hydrogen-bond donors (Lipinski definition) is 1. The highest BCUT2D eigenvalue weighted by atomic mass is 15.0. The predicted molar refractivity (Wildman–Crippen MR) is 63.9 cm³/mol. The van der Waals surface area contributed by atoms with Gasteiger partial charge < -0.3 is 5.73 Å². The van der Waals surface area contributed by atoms with Crippen LogP contribution in [0.2, 0.25) is 0 Å². The third-order valence-corrected chi connectivity index (χ3v) is 2.51. The highest BCUT2D eigenvalue weighted by molar-refractivity contribution is 5.63. The maximum atomic E-state index is 8.89. The van der Waals surface area contributed by atoms with Crippen molar-refractivity contribution in [1.82, 2.24) is 15.0 Å². The second-order valence-electron chi connectivity index (χ2n) is 3.70. The van der Waals surface area contributed by atoms with Crippen LogP contribution >= 0.6 is 0 Å². The van der Waals surface area contributed by atoms with Crippen LogP contribution in [0.25, 0.3) is 11.4 Å². The second kappa shape index (κ2) is 4.18. The number of rotatable bonds is 1. The Kier molecular flexibility index (Phi) is 2.71. The zero-order valence-electron chi connectivity index (χ0n) is 9.60. The van der Waals surface area contributed by atoms with E-state index in [9.17, 15) is 0 Å². The molecule has 0 fully saturated rings. The lowest BCUT2D eigenvalue weighted by Gasteiger charge is -2.07. The zero-order chi connectivity index (χ0) is 12.4. The molecule has 5 nitrogen and oxygen atoms in total. The van der Waals surface area contributed by atoms with Crippen molar-refractivity contribution in [1.29, 1.82) is 5.26 Å². The van der Waals surface area contributed by atoms with Crippen molar-refractivity contribution in [3.05, 3.63) is 35.3 Å². The number of anilines is 1. The van der Waals surface area contributed by atoms with E-state index in [0.717, 1.165) is 11.1 Å². The molecule has 0 aliphatic carbocycles. The van der Waals surface area contributed by atoms with Crippen molar-refractivity contribution >= 4 is 5.82 Å². The quantitative estimate of drug-likeness (QED) is 0.796. The Morgan fingerprint density at radius 2 is 2.06 bits per heavy atom. The molecule has 0 bridgehead atoms. The maximum absolute atomic E-state index is 8.89. The minimum absolute atomic E-state index is 0.207. The van der Waals surface area contributed by atoms with Crippen molar-refractivity contribution < 1.29 is 0 Å². The average Bonchev–Trinajstić information content (AvgIpc) is 2.29. The van der Waals surface area contributed by atoms with E-state index >= 15 is 0 Å². The van der Waals surface area contributed by atoms with E-state index in [1.54, 1.807) is 19.3 Å². The Hall–Kier alpha value is -2.48. The molecule has 0 saturated heterocycles. The average molecular weight is 225 g/mol. The summed E-state index contributed by atoms with van der Waals surface area (Å²) < 4.78 is 0. The molecule has 2 heterocycles. The molecule has 2 rings (SSSR count). The summed E-state index contributed by atoms with van der Waals surface area (Å²) in [6, 6.07) is 3.87. The summed E-state index contributed by atoms with van der Waals surface area (Å²) in [7, 11) is 0. The molecule has 0 atom stereocenters. The second-order valence-corrected chi connectivity index (χ2v) is 3.70. The lowest BCUT2D eigenvalue weighted by molar-refractivity contribution is 1.09. The number of nitrogens with zero attached hydrogens (tertiary/aromatic N) is 4. The number of aryl methyl sites for hydroxylation is 2. The Morgan fingerprint density at radius 3 is 2.65 bits per heavy atom. The van der Waals surface area contributed by atoms with Crippen LogP contribution in [0.4, 0.5) is 5.82 Å². The summed E-state index contributed by atoms with van der Waals surface area (Å²) in [6.45, 7) is 3.69. The van der Waals surface area contributed by atoms with Crippen molar-refractivity contribution in [2.75, 3.05) is 5.73 Å². The van der Waals surface area contributed by atoms with Crippen molar-refractivity contribution in [2.45, 2.75) is 13.8 Å². The first kappa shape index (κ1) is 11.0. The van der Waals surface area contributed by atoms with Crippen molar-refractivity contribution in [2.24, 2.45) is 0 Å². The van der Waals surface area contributed by atoms with E-state index in [2.05, 4.69) is 15.0 Å². The number of nitrogen functional groups attached to an aromatic ring is 1. The van der Waals surface area contributed by atoms with Crippen molar-refractivity contribution in [3.63, 3.8) is 0 Å². The molecule has 84 valence electrons. The molecule has 0 unspecified atom stereocenters. The summed E-state index contributed by atoms with van der Waals surface area (Å²) in [5, 5.41) is 8.89. The number of nitrogens with two attached hydrogens (primary N) is 1. The van der Waals surface area contributed by atoms with Crippen LogP contribution in [0, 0.1) is 25.2 Å². The lowest BCUT2D eigenvalue weighted by atomic mass is 10.1. The monoisotopic (exact) mass is 225 g/mol.